The van der Waals surface area contributed by atoms with Crippen LogP contribution in [0.4, 0.5) is 0 Å². The Kier molecular flexibility index (Phi) is 5.48. The highest BCUT2D eigenvalue weighted by Crippen LogP contribution is 2.53. The van der Waals surface area contributed by atoms with E-state index >= 15 is 0 Å². The second-order valence-corrected chi connectivity index (χ2v) is 14.3. The van der Waals surface area contributed by atoms with E-state index in [1.165, 1.54) is 70.1 Å². The van der Waals surface area contributed by atoms with E-state index in [0.717, 1.165) is 12.8 Å². The number of hydrogen-bond acceptors (Lipinski definition) is 2. The molecule has 0 radical (unpaired) electrons. The molecule has 188 valence electrons. The third kappa shape index (κ3) is 4.03. The highest BCUT2D eigenvalue weighted by atomic mass is 32.2. The molecule has 0 amide bonds. The highest BCUT2D eigenvalue weighted by molar-refractivity contribution is 8.00. The van der Waals surface area contributed by atoms with E-state index in [4.69, 9.17) is 4.98 Å². The highest BCUT2D eigenvalue weighted by Gasteiger charge is 2.33. The quantitative estimate of drug-likeness (QED) is 0.172. The summed E-state index contributed by atoms with van der Waals surface area (Å²) in [6, 6.07) is 13.8. The average molecular weight is 506 g/mol. The number of rotatable bonds is 2. The molecular weight excluding hydrogens is 468 g/mol. The van der Waals surface area contributed by atoms with Gasteiger partial charge < -0.3 is 0 Å². The fourth-order valence-electron chi connectivity index (χ4n) is 6.18. The van der Waals surface area contributed by atoms with Crippen molar-refractivity contribution >= 4 is 44.1 Å². The van der Waals surface area contributed by atoms with E-state index < -0.39 is 0 Å². The van der Waals surface area contributed by atoms with Gasteiger partial charge in [0.2, 0.25) is 5.69 Å². The van der Waals surface area contributed by atoms with Crippen molar-refractivity contribution in [3.05, 3.63) is 71.7 Å². The predicted octanol–water partition coefficient (Wildman–Crippen LogP) is 8.98. The molecule has 3 heteroatoms. The number of nitrogens with zero attached hydrogens (tertiary/aromatic N) is 2. The van der Waals surface area contributed by atoms with Crippen molar-refractivity contribution in [1.29, 1.82) is 0 Å². The summed E-state index contributed by atoms with van der Waals surface area (Å²) in [5.74, 6) is 0. The molecule has 0 spiro atoms. The number of aryl methyl sites for hydroxylation is 2. The number of aromatic nitrogens is 2. The van der Waals surface area contributed by atoms with Crippen LogP contribution in [0.15, 0.2) is 64.8 Å². The standard InChI is InChI=1S/C34H37N2S/c1-20-22-11-9-10-12-23(22)26(17-34(5,6)7)32-29(20)31-30-24(13-14-36(31)8)27-19-35-18-21(16-33(2,3)4)25(27)15-28(30)37-32/h9-15,18-19H,16-17H2,1-8H3/q+1. The van der Waals surface area contributed by atoms with Crippen molar-refractivity contribution in [3.8, 4) is 11.3 Å². The fraction of sp³-hybridized carbons (Fsp3) is 0.353. The van der Waals surface area contributed by atoms with Gasteiger partial charge in [0.25, 0.3) is 0 Å². The van der Waals surface area contributed by atoms with E-state index in [0.29, 0.717) is 0 Å². The zero-order valence-electron chi connectivity index (χ0n) is 23.4. The van der Waals surface area contributed by atoms with E-state index in [1.54, 1.807) is 0 Å². The Labute approximate surface area is 225 Å². The summed E-state index contributed by atoms with van der Waals surface area (Å²) in [5.41, 5.74) is 7.34. The first kappa shape index (κ1) is 24.4. The smallest absolute Gasteiger partial charge is 0.222 e. The lowest BCUT2D eigenvalue weighted by Crippen LogP contribution is -2.32. The molecule has 37 heavy (non-hydrogen) atoms. The molecule has 1 aliphatic heterocycles. The second kappa shape index (κ2) is 8.30. The summed E-state index contributed by atoms with van der Waals surface area (Å²) < 4.78 is 2.34. The van der Waals surface area contributed by atoms with Crippen LogP contribution in [0.25, 0.3) is 43.6 Å². The molecule has 3 aromatic carbocycles. The Bertz CT molecular complexity index is 1730. The Morgan fingerprint density at radius 3 is 2.22 bits per heavy atom. The minimum Gasteiger partial charge on any atom is -0.264 e. The summed E-state index contributed by atoms with van der Waals surface area (Å²) >= 11 is 1.99. The van der Waals surface area contributed by atoms with Crippen LogP contribution in [0.2, 0.25) is 0 Å². The second-order valence-electron chi connectivity index (χ2n) is 13.3. The van der Waals surface area contributed by atoms with Gasteiger partial charge >= 0.3 is 0 Å². The van der Waals surface area contributed by atoms with Crippen LogP contribution in [-0.2, 0) is 19.9 Å². The van der Waals surface area contributed by atoms with Crippen molar-refractivity contribution < 1.29 is 4.57 Å². The maximum Gasteiger partial charge on any atom is 0.222 e. The van der Waals surface area contributed by atoms with Gasteiger partial charge in [0.05, 0.1) is 10.9 Å². The van der Waals surface area contributed by atoms with Crippen LogP contribution in [0.3, 0.4) is 0 Å². The molecule has 0 unspecified atom stereocenters. The SMILES string of the molecule is Cc1c2c(c(CC(C)(C)C)c3ccccc13)Sc1cc3c(CC(C)(C)C)cncc3c3cc[n+](C)c-2c13. The molecule has 2 aromatic heterocycles. The molecule has 0 saturated carbocycles. The lowest BCUT2D eigenvalue weighted by molar-refractivity contribution is -0.659. The van der Waals surface area contributed by atoms with E-state index in [2.05, 4.69) is 115 Å². The molecular formula is C34H37N2S+. The summed E-state index contributed by atoms with van der Waals surface area (Å²) in [5, 5.41) is 8.06. The lowest BCUT2D eigenvalue weighted by atomic mass is 9.82. The molecule has 0 saturated heterocycles. The number of benzene rings is 3. The Balaban J connectivity index is 1.76. The summed E-state index contributed by atoms with van der Waals surface area (Å²) in [6.45, 7) is 16.3. The first-order chi connectivity index (χ1) is 17.4. The molecule has 6 rings (SSSR count). The largest absolute Gasteiger partial charge is 0.264 e. The van der Waals surface area contributed by atoms with Crippen molar-refractivity contribution in [3.63, 3.8) is 0 Å². The van der Waals surface area contributed by atoms with Crippen molar-refractivity contribution in [2.45, 2.75) is 71.1 Å². The van der Waals surface area contributed by atoms with Crippen molar-refractivity contribution in [1.82, 2.24) is 4.98 Å². The summed E-state index contributed by atoms with van der Waals surface area (Å²) in [6.07, 6.45) is 8.46. The van der Waals surface area contributed by atoms with Gasteiger partial charge in [-0.25, -0.2) is 4.57 Å². The van der Waals surface area contributed by atoms with Crippen LogP contribution >= 0.6 is 11.8 Å². The van der Waals surface area contributed by atoms with Gasteiger partial charge in [-0.1, -0.05) is 77.6 Å². The maximum absolute atomic E-state index is 4.72. The van der Waals surface area contributed by atoms with Gasteiger partial charge in [0.1, 0.15) is 7.05 Å². The van der Waals surface area contributed by atoms with Crippen LogP contribution < -0.4 is 4.57 Å². The Morgan fingerprint density at radius 2 is 1.51 bits per heavy atom. The molecule has 1 aliphatic rings. The monoisotopic (exact) mass is 505 g/mol. The van der Waals surface area contributed by atoms with Gasteiger partial charge in [-0.15, -0.1) is 0 Å². The van der Waals surface area contributed by atoms with Crippen molar-refractivity contribution in [2.24, 2.45) is 17.9 Å². The summed E-state index contributed by atoms with van der Waals surface area (Å²) in [4.78, 5) is 7.52. The first-order valence-electron chi connectivity index (χ1n) is 13.4. The molecule has 0 atom stereocenters. The van der Waals surface area contributed by atoms with E-state index in [-0.39, 0.29) is 10.8 Å². The third-order valence-corrected chi connectivity index (χ3v) is 8.81. The van der Waals surface area contributed by atoms with Crippen LogP contribution in [0.5, 0.6) is 0 Å². The molecule has 2 nitrogen and oxygen atoms in total. The van der Waals surface area contributed by atoms with Crippen LogP contribution in [0.1, 0.15) is 58.2 Å². The lowest BCUT2D eigenvalue weighted by Gasteiger charge is -2.28. The average Bonchev–Trinajstić information content (AvgIpc) is 2.82. The first-order valence-corrected chi connectivity index (χ1v) is 14.2. The van der Waals surface area contributed by atoms with Crippen molar-refractivity contribution in [2.75, 3.05) is 0 Å². The van der Waals surface area contributed by atoms with Crippen LogP contribution in [0, 0.1) is 17.8 Å². The molecule has 0 aliphatic carbocycles. The van der Waals surface area contributed by atoms with Gasteiger partial charge in [-0.3, -0.25) is 4.98 Å². The zero-order chi connectivity index (χ0) is 26.3. The summed E-state index contributed by atoms with van der Waals surface area (Å²) in [7, 11) is 2.20. The van der Waals surface area contributed by atoms with Gasteiger partial charge in [0.15, 0.2) is 6.20 Å². The molecule has 0 N–H and O–H groups in total. The minimum atomic E-state index is 0.190. The van der Waals surface area contributed by atoms with Gasteiger partial charge in [0, 0.05) is 39.0 Å². The Morgan fingerprint density at radius 1 is 0.811 bits per heavy atom. The molecule has 0 fully saturated rings. The maximum atomic E-state index is 4.72. The van der Waals surface area contributed by atoms with Gasteiger partial charge in [-0.2, -0.15) is 0 Å². The Hall–Kier alpha value is -2.91. The number of fused-ring (bicyclic) bond motifs is 5. The molecule has 0 bridgehead atoms. The predicted molar refractivity (Wildman–Crippen MR) is 159 cm³/mol. The fourth-order valence-corrected chi connectivity index (χ4v) is 7.55. The normalized spacial score (nSPS) is 13.5. The number of hydrogen-bond donors (Lipinski definition) is 0. The van der Waals surface area contributed by atoms with E-state index in [9.17, 15) is 0 Å². The van der Waals surface area contributed by atoms with Gasteiger partial charge in [-0.05, 0) is 69.5 Å². The third-order valence-electron chi connectivity index (χ3n) is 7.61. The number of pyridine rings is 2. The van der Waals surface area contributed by atoms with E-state index in [1.807, 2.05) is 11.8 Å². The minimum absolute atomic E-state index is 0.190. The topological polar surface area (TPSA) is 16.8 Å². The molecule has 5 aromatic rings. The molecule has 3 heterocycles. The van der Waals surface area contributed by atoms with Crippen LogP contribution in [-0.4, -0.2) is 4.98 Å². The zero-order valence-corrected chi connectivity index (χ0v) is 24.2.